The van der Waals surface area contributed by atoms with Crippen LogP contribution in [-0.4, -0.2) is 31.3 Å². The number of aryl methyl sites for hydroxylation is 3. The molecule has 0 saturated carbocycles. The summed E-state index contributed by atoms with van der Waals surface area (Å²) in [6.45, 7) is 0. The Morgan fingerprint density at radius 1 is 1.17 bits per heavy atom. The van der Waals surface area contributed by atoms with E-state index < -0.39 is 0 Å². The van der Waals surface area contributed by atoms with Crippen LogP contribution in [0.4, 0.5) is 0 Å². The van der Waals surface area contributed by atoms with Crippen molar-refractivity contribution in [1.29, 1.82) is 0 Å². The number of hydrogen-bond acceptors (Lipinski definition) is 5. The fraction of sp³-hybridized carbons (Fsp3) is 0.235. The van der Waals surface area contributed by atoms with Gasteiger partial charge in [-0.05, 0) is 23.6 Å². The van der Waals surface area contributed by atoms with Crippen LogP contribution in [0.5, 0.6) is 5.75 Å². The van der Waals surface area contributed by atoms with Gasteiger partial charge in [-0.25, -0.2) is 14.5 Å². The van der Waals surface area contributed by atoms with E-state index in [1.165, 1.54) is 4.88 Å². The van der Waals surface area contributed by atoms with Crippen LogP contribution in [0.1, 0.15) is 11.6 Å². The van der Waals surface area contributed by atoms with E-state index in [1.807, 2.05) is 31.4 Å². The SMILES string of the molecule is COc1cccn2nc(CCc3nc(-c4cccs4)cn3C)nc12. The van der Waals surface area contributed by atoms with Crippen molar-refractivity contribution in [2.75, 3.05) is 7.11 Å². The van der Waals surface area contributed by atoms with Gasteiger partial charge in [0.15, 0.2) is 17.2 Å². The fourth-order valence-electron chi connectivity index (χ4n) is 2.69. The molecule has 4 heterocycles. The highest BCUT2D eigenvalue weighted by Gasteiger charge is 2.11. The van der Waals surface area contributed by atoms with E-state index in [9.17, 15) is 0 Å². The van der Waals surface area contributed by atoms with Gasteiger partial charge in [-0.2, -0.15) is 5.10 Å². The molecule has 122 valence electrons. The van der Waals surface area contributed by atoms with Crippen molar-refractivity contribution in [3.63, 3.8) is 0 Å². The van der Waals surface area contributed by atoms with Crippen LogP contribution in [0.15, 0.2) is 42.0 Å². The third kappa shape index (κ3) is 2.67. The summed E-state index contributed by atoms with van der Waals surface area (Å²) < 4.78 is 9.16. The second-order valence-corrected chi connectivity index (χ2v) is 6.45. The minimum atomic E-state index is 0.730. The van der Waals surface area contributed by atoms with E-state index in [-0.39, 0.29) is 0 Å². The molecule has 0 aromatic carbocycles. The molecule has 4 aromatic rings. The molecule has 7 heteroatoms. The molecular weight excluding hydrogens is 322 g/mol. The number of imidazole rings is 1. The number of aromatic nitrogens is 5. The second kappa shape index (κ2) is 6.09. The van der Waals surface area contributed by atoms with Gasteiger partial charge in [-0.1, -0.05) is 6.07 Å². The van der Waals surface area contributed by atoms with Crippen LogP contribution in [-0.2, 0) is 19.9 Å². The summed E-state index contributed by atoms with van der Waals surface area (Å²) >= 11 is 1.70. The molecular formula is C17H17N5OS. The maximum Gasteiger partial charge on any atom is 0.198 e. The topological polar surface area (TPSA) is 57.2 Å². The Labute approximate surface area is 143 Å². The van der Waals surface area contributed by atoms with E-state index in [0.29, 0.717) is 0 Å². The Morgan fingerprint density at radius 3 is 2.88 bits per heavy atom. The molecule has 24 heavy (non-hydrogen) atoms. The molecule has 0 aliphatic carbocycles. The van der Waals surface area contributed by atoms with Crippen molar-refractivity contribution in [3.05, 3.63) is 53.7 Å². The highest BCUT2D eigenvalue weighted by atomic mass is 32.1. The Bertz CT molecular complexity index is 970. The van der Waals surface area contributed by atoms with Gasteiger partial charge in [0.2, 0.25) is 0 Å². The highest BCUT2D eigenvalue weighted by molar-refractivity contribution is 7.13. The molecule has 4 aromatic heterocycles. The number of rotatable bonds is 5. The van der Waals surface area contributed by atoms with Crippen molar-refractivity contribution < 1.29 is 4.74 Å². The zero-order valence-corrected chi connectivity index (χ0v) is 14.3. The molecule has 0 spiro atoms. The van der Waals surface area contributed by atoms with Gasteiger partial charge in [0.25, 0.3) is 0 Å². The maximum atomic E-state index is 5.33. The summed E-state index contributed by atoms with van der Waals surface area (Å²) in [4.78, 5) is 10.5. The monoisotopic (exact) mass is 339 g/mol. The average Bonchev–Trinajstić information content (AvgIpc) is 3.31. The average molecular weight is 339 g/mol. The normalized spacial score (nSPS) is 11.2. The lowest BCUT2D eigenvalue weighted by Crippen LogP contribution is -2.01. The minimum absolute atomic E-state index is 0.730. The first kappa shape index (κ1) is 14.9. The van der Waals surface area contributed by atoms with Gasteiger partial charge in [0.05, 0.1) is 17.7 Å². The van der Waals surface area contributed by atoms with Gasteiger partial charge in [-0.15, -0.1) is 11.3 Å². The molecule has 0 fully saturated rings. The molecule has 0 unspecified atom stereocenters. The predicted molar refractivity (Wildman–Crippen MR) is 93.5 cm³/mol. The van der Waals surface area contributed by atoms with Gasteiger partial charge in [0, 0.05) is 32.3 Å². The number of pyridine rings is 1. The third-order valence-electron chi connectivity index (χ3n) is 3.91. The van der Waals surface area contributed by atoms with E-state index in [2.05, 4.69) is 32.3 Å². The number of fused-ring (bicyclic) bond motifs is 1. The third-order valence-corrected chi connectivity index (χ3v) is 4.80. The lowest BCUT2D eigenvalue weighted by atomic mass is 10.3. The fourth-order valence-corrected chi connectivity index (χ4v) is 3.37. The van der Waals surface area contributed by atoms with E-state index >= 15 is 0 Å². The minimum Gasteiger partial charge on any atom is -0.493 e. The number of nitrogens with zero attached hydrogens (tertiary/aromatic N) is 5. The van der Waals surface area contributed by atoms with Gasteiger partial charge in [0.1, 0.15) is 5.82 Å². The van der Waals surface area contributed by atoms with E-state index in [1.54, 1.807) is 23.0 Å². The first-order valence-electron chi connectivity index (χ1n) is 7.69. The lowest BCUT2D eigenvalue weighted by molar-refractivity contribution is 0.416. The van der Waals surface area contributed by atoms with Crippen LogP contribution < -0.4 is 4.74 Å². The van der Waals surface area contributed by atoms with E-state index in [0.717, 1.165) is 41.6 Å². The van der Waals surface area contributed by atoms with Crippen LogP contribution in [0.25, 0.3) is 16.2 Å². The second-order valence-electron chi connectivity index (χ2n) is 5.50. The zero-order valence-electron chi connectivity index (χ0n) is 13.5. The molecule has 0 amide bonds. The van der Waals surface area contributed by atoms with Gasteiger partial charge < -0.3 is 9.30 Å². The number of methoxy groups -OCH3 is 1. The first-order chi connectivity index (χ1) is 11.7. The summed E-state index contributed by atoms with van der Waals surface area (Å²) in [5.74, 6) is 2.55. The molecule has 0 aliphatic heterocycles. The number of ether oxygens (including phenoxy) is 1. The predicted octanol–water partition coefficient (Wildman–Crippen LogP) is 2.99. The summed E-state index contributed by atoms with van der Waals surface area (Å²) in [5, 5.41) is 6.58. The molecule has 6 nitrogen and oxygen atoms in total. The largest absolute Gasteiger partial charge is 0.493 e. The molecule has 0 N–H and O–H groups in total. The van der Waals surface area contributed by atoms with E-state index in [4.69, 9.17) is 9.72 Å². The summed E-state index contributed by atoms with van der Waals surface area (Å²) in [5.41, 5.74) is 1.77. The molecule has 0 saturated heterocycles. The quantitative estimate of drug-likeness (QED) is 0.561. The maximum absolute atomic E-state index is 5.33. The molecule has 4 rings (SSSR count). The highest BCUT2D eigenvalue weighted by Crippen LogP contribution is 2.24. The lowest BCUT2D eigenvalue weighted by Gasteiger charge is -1.98. The Kier molecular flexibility index (Phi) is 3.78. The molecule has 0 atom stereocenters. The summed E-state index contributed by atoms with van der Waals surface area (Å²) in [6.07, 6.45) is 5.48. The zero-order chi connectivity index (χ0) is 16.5. The standard InChI is InChI=1S/C17H17N5OS/c1-21-11-12(14-6-4-10-24-14)18-16(21)8-7-15-19-17-13(23-2)5-3-9-22(17)20-15/h3-6,9-11H,7-8H2,1-2H3. The molecule has 0 bridgehead atoms. The van der Waals surface area contributed by atoms with Crippen molar-refractivity contribution >= 4 is 17.0 Å². The van der Waals surface area contributed by atoms with Crippen LogP contribution >= 0.6 is 11.3 Å². The van der Waals surface area contributed by atoms with Gasteiger partial charge >= 0.3 is 0 Å². The van der Waals surface area contributed by atoms with Crippen molar-refractivity contribution in [1.82, 2.24) is 24.1 Å². The van der Waals surface area contributed by atoms with Crippen LogP contribution in [0.3, 0.4) is 0 Å². The van der Waals surface area contributed by atoms with Crippen LogP contribution in [0.2, 0.25) is 0 Å². The number of hydrogen-bond donors (Lipinski definition) is 0. The van der Waals surface area contributed by atoms with Crippen LogP contribution in [0, 0.1) is 0 Å². The summed E-state index contributed by atoms with van der Waals surface area (Å²) in [6, 6.07) is 7.92. The Morgan fingerprint density at radius 2 is 2.08 bits per heavy atom. The van der Waals surface area contributed by atoms with Gasteiger partial charge in [-0.3, -0.25) is 0 Å². The Balaban J connectivity index is 1.55. The smallest absolute Gasteiger partial charge is 0.198 e. The first-order valence-corrected chi connectivity index (χ1v) is 8.57. The number of thiophene rings is 1. The Hall–Kier alpha value is -2.67. The summed E-state index contributed by atoms with van der Waals surface area (Å²) in [7, 11) is 3.67. The van der Waals surface area contributed by atoms with Crippen molar-refractivity contribution in [3.8, 4) is 16.3 Å². The van der Waals surface area contributed by atoms with Crippen molar-refractivity contribution in [2.45, 2.75) is 12.8 Å². The molecule has 0 aliphatic rings. The van der Waals surface area contributed by atoms with Crippen molar-refractivity contribution in [2.24, 2.45) is 7.05 Å². The molecule has 0 radical (unpaired) electrons.